The van der Waals surface area contributed by atoms with Crippen molar-refractivity contribution >= 4 is 17.3 Å². The summed E-state index contributed by atoms with van der Waals surface area (Å²) >= 11 is 0. The molecule has 1 aliphatic rings. The number of benzene rings is 1. The highest BCUT2D eigenvalue weighted by molar-refractivity contribution is 5.99. The molecule has 0 saturated carbocycles. The number of hydrazine groups is 1. The second-order valence-electron chi connectivity index (χ2n) is 4.91. The second kappa shape index (κ2) is 5.27. The lowest BCUT2D eigenvalue weighted by molar-refractivity contribution is 0.0954. The van der Waals surface area contributed by atoms with E-state index in [2.05, 4.69) is 17.2 Å². The Hall–Kier alpha value is -1.75. The maximum atomic E-state index is 11.6. The number of nitrogens with zero attached hydrogens (tertiary/aromatic N) is 1. The van der Waals surface area contributed by atoms with Crippen molar-refractivity contribution in [1.29, 1.82) is 0 Å². The van der Waals surface area contributed by atoms with Crippen LogP contribution in [-0.4, -0.2) is 19.0 Å². The van der Waals surface area contributed by atoms with Crippen LogP contribution in [0.4, 0.5) is 11.4 Å². The molecule has 0 atom stereocenters. The van der Waals surface area contributed by atoms with E-state index in [1.165, 1.54) is 12.8 Å². The van der Waals surface area contributed by atoms with Gasteiger partial charge in [-0.25, -0.2) is 5.84 Å². The number of nitrogen functional groups attached to an aromatic ring is 2. The van der Waals surface area contributed by atoms with E-state index in [9.17, 15) is 4.79 Å². The molecule has 1 aromatic rings. The van der Waals surface area contributed by atoms with Crippen LogP contribution in [0.5, 0.6) is 0 Å². The Labute approximate surface area is 107 Å². The highest BCUT2D eigenvalue weighted by Crippen LogP contribution is 2.25. The molecule has 1 amide bonds. The summed E-state index contributed by atoms with van der Waals surface area (Å²) in [4.78, 5) is 13.9. The number of rotatable bonds is 2. The Bertz CT molecular complexity index is 439. The van der Waals surface area contributed by atoms with Gasteiger partial charge in [0.2, 0.25) is 0 Å². The van der Waals surface area contributed by atoms with Crippen LogP contribution in [-0.2, 0) is 0 Å². The smallest absolute Gasteiger partial charge is 0.267 e. The summed E-state index contributed by atoms with van der Waals surface area (Å²) in [5.74, 6) is 5.58. The van der Waals surface area contributed by atoms with Crippen molar-refractivity contribution in [2.45, 2.75) is 19.8 Å². The molecular weight excluding hydrogens is 228 g/mol. The summed E-state index contributed by atoms with van der Waals surface area (Å²) in [6.45, 7) is 4.32. The molecule has 5 N–H and O–H groups in total. The van der Waals surface area contributed by atoms with E-state index in [1.807, 2.05) is 12.1 Å². The summed E-state index contributed by atoms with van der Waals surface area (Å²) in [6.07, 6.45) is 2.37. The van der Waals surface area contributed by atoms with Crippen LogP contribution in [0.3, 0.4) is 0 Å². The standard InChI is InChI=1S/C13H20N4O/c1-9-4-6-17(7-5-9)10-2-3-12(14)11(8-10)13(18)16-15/h2-3,8-9H,4-7,14-15H2,1H3,(H,16,18). The van der Waals surface area contributed by atoms with Gasteiger partial charge >= 0.3 is 0 Å². The minimum Gasteiger partial charge on any atom is -0.398 e. The van der Waals surface area contributed by atoms with Gasteiger partial charge in [-0.3, -0.25) is 10.2 Å². The van der Waals surface area contributed by atoms with Crippen LogP contribution in [0.15, 0.2) is 18.2 Å². The van der Waals surface area contributed by atoms with E-state index in [0.29, 0.717) is 11.3 Å². The molecule has 0 spiro atoms. The lowest BCUT2D eigenvalue weighted by Gasteiger charge is -2.32. The van der Waals surface area contributed by atoms with Gasteiger partial charge in [0, 0.05) is 24.5 Å². The van der Waals surface area contributed by atoms with Crippen molar-refractivity contribution in [3.63, 3.8) is 0 Å². The third-order valence-electron chi connectivity index (χ3n) is 3.56. The molecule has 0 aliphatic carbocycles. The average Bonchev–Trinajstić information content (AvgIpc) is 2.39. The monoisotopic (exact) mass is 248 g/mol. The highest BCUT2D eigenvalue weighted by Gasteiger charge is 2.18. The summed E-state index contributed by atoms with van der Waals surface area (Å²) in [6, 6.07) is 5.53. The topological polar surface area (TPSA) is 84.4 Å². The molecule has 1 saturated heterocycles. The van der Waals surface area contributed by atoms with Gasteiger partial charge in [-0.15, -0.1) is 0 Å². The summed E-state index contributed by atoms with van der Waals surface area (Å²) < 4.78 is 0. The third kappa shape index (κ3) is 2.56. The van der Waals surface area contributed by atoms with E-state index in [4.69, 9.17) is 11.6 Å². The van der Waals surface area contributed by atoms with Crippen molar-refractivity contribution < 1.29 is 4.79 Å². The number of carbonyl (C=O) groups is 1. The van der Waals surface area contributed by atoms with Crippen LogP contribution in [0.2, 0.25) is 0 Å². The van der Waals surface area contributed by atoms with Crippen LogP contribution in [0.25, 0.3) is 0 Å². The quantitative estimate of drug-likeness (QED) is 0.317. The first-order valence-corrected chi connectivity index (χ1v) is 6.27. The van der Waals surface area contributed by atoms with E-state index >= 15 is 0 Å². The molecule has 1 aromatic carbocycles. The molecule has 1 fully saturated rings. The number of anilines is 2. The van der Waals surface area contributed by atoms with E-state index < -0.39 is 0 Å². The Balaban J connectivity index is 2.21. The molecule has 1 heterocycles. The second-order valence-corrected chi connectivity index (χ2v) is 4.91. The molecular formula is C13H20N4O. The molecule has 0 radical (unpaired) electrons. The zero-order valence-corrected chi connectivity index (χ0v) is 10.6. The van der Waals surface area contributed by atoms with Crippen LogP contribution in [0.1, 0.15) is 30.1 Å². The van der Waals surface area contributed by atoms with Gasteiger partial charge in [-0.1, -0.05) is 6.92 Å². The first kappa shape index (κ1) is 12.7. The zero-order chi connectivity index (χ0) is 13.1. The SMILES string of the molecule is CC1CCN(c2ccc(N)c(C(=O)NN)c2)CC1. The minimum absolute atomic E-state index is 0.347. The molecule has 5 nitrogen and oxygen atoms in total. The van der Waals surface area contributed by atoms with Gasteiger partial charge in [0.25, 0.3) is 5.91 Å². The number of amides is 1. The molecule has 1 aliphatic heterocycles. The number of piperidine rings is 1. The maximum Gasteiger partial charge on any atom is 0.267 e. The minimum atomic E-state index is -0.347. The van der Waals surface area contributed by atoms with Gasteiger partial charge < -0.3 is 10.6 Å². The van der Waals surface area contributed by atoms with E-state index in [1.54, 1.807) is 6.07 Å². The average molecular weight is 248 g/mol. The van der Waals surface area contributed by atoms with E-state index in [-0.39, 0.29) is 5.91 Å². The molecule has 2 rings (SSSR count). The fourth-order valence-electron chi connectivity index (χ4n) is 2.28. The Kier molecular flexibility index (Phi) is 3.72. The molecule has 18 heavy (non-hydrogen) atoms. The van der Waals surface area contributed by atoms with Crippen molar-refractivity contribution in [3.8, 4) is 0 Å². The summed E-state index contributed by atoms with van der Waals surface area (Å²) in [7, 11) is 0. The van der Waals surface area contributed by atoms with Crippen LogP contribution in [0, 0.1) is 5.92 Å². The van der Waals surface area contributed by atoms with Gasteiger partial charge in [0.15, 0.2) is 0 Å². The first-order chi connectivity index (χ1) is 8.61. The van der Waals surface area contributed by atoms with E-state index in [0.717, 1.165) is 24.7 Å². The van der Waals surface area contributed by atoms with Crippen molar-refractivity contribution in [3.05, 3.63) is 23.8 Å². The predicted octanol–water partition coefficient (Wildman–Crippen LogP) is 1.11. The van der Waals surface area contributed by atoms with Gasteiger partial charge in [0.1, 0.15) is 0 Å². The maximum absolute atomic E-state index is 11.6. The zero-order valence-electron chi connectivity index (χ0n) is 10.6. The van der Waals surface area contributed by atoms with Crippen LogP contribution < -0.4 is 21.9 Å². The Morgan fingerprint density at radius 3 is 2.67 bits per heavy atom. The third-order valence-corrected chi connectivity index (χ3v) is 3.56. The molecule has 5 heteroatoms. The number of hydrogen-bond acceptors (Lipinski definition) is 4. The number of nitrogens with two attached hydrogens (primary N) is 2. The normalized spacial score (nSPS) is 16.7. The fourth-order valence-corrected chi connectivity index (χ4v) is 2.28. The fraction of sp³-hybridized carbons (Fsp3) is 0.462. The number of nitrogens with one attached hydrogen (secondary N) is 1. The van der Waals surface area contributed by atoms with Gasteiger partial charge in [-0.05, 0) is 37.0 Å². The van der Waals surface area contributed by atoms with Crippen molar-refractivity contribution in [2.75, 3.05) is 23.7 Å². The van der Waals surface area contributed by atoms with Crippen molar-refractivity contribution in [2.24, 2.45) is 11.8 Å². The highest BCUT2D eigenvalue weighted by atomic mass is 16.2. The molecule has 98 valence electrons. The lowest BCUT2D eigenvalue weighted by Crippen LogP contribution is -2.34. The molecule has 0 unspecified atom stereocenters. The van der Waals surface area contributed by atoms with Crippen molar-refractivity contribution in [1.82, 2.24) is 5.43 Å². The summed E-state index contributed by atoms with van der Waals surface area (Å²) in [5, 5.41) is 0. The lowest BCUT2D eigenvalue weighted by atomic mass is 9.98. The van der Waals surface area contributed by atoms with Gasteiger partial charge in [0.05, 0.1) is 5.56 Å². The molecule has 0 aromatic heterocycles. The number of carbonyl (C=O) groups excluding carboxylic acids is 1. The predicted molar refractivity (Wildman–Crippen MR) is 73.1 cm³/mol. The first-order valence-electron chi connectivity index (χ1n) is 6.27. The number of hydrogen-bond donors (Lipinski definition) is 3. The van der Waals surface area contributed by atoms with Gasteiger partial charge in [-0.2, -0.15) is 0 Å². The van der Waals surface area contributed by atoms with Crippen LogP contribution >= 0.6 is 0 Å². The molecule has 0 bridgehead atoms. The Morgan fingerprint density at radius 1 is 1.39 bits per heavy atom. The largest absolute Gasteiger partial charge is 0.398 e. The Morgan fingerprint density at radius 2 is 2.06 bits per heavy atom. The summed E-state index contributed by atoms with van der Waals surface area (Å²) in [5.41, 5.74) is 9.83.